The van der Waals surface area contributed by atoms with Gasteiger partial charge in [0.1, 0.15) is 11.2 Å². The van der Waals surface area contributed by atoms with E-state index in [9.17, 15) is 18.4 Å². The highest BCUT2D eigenvalue weighted by atomic mass is 19.3. The van der Waals surface area contributed by atoms with E-state index in [1.54, 1.807) is 4.68 Å². The molecule has 2 saturated carbocycles. The van der Waals surface area contributed by atoms with Gasteiger partial charge in [0.05, 0.1) is 12.2 Å². The van der Waals surface area contributed by atoms with Gasteiger partial charge in [-0.25, -0.2) is 18.4 Å². The topological polar surface area (TPSA) is 83.9 Å². The summed E-state index contributed by atoms with van der Waals surface area (Å²) in [6.07, 6.45) is 5.44. The van der Waals surface area contributed by atoms with Gasteiger partial charge in [0.15, 0.2) is 5.65 Å². The van der Waals surface area contributed by atoms with Gasteiger partial charge in [0.2, 0.25) is 11.8 Å². The molecule has 7 nitrogen and oxygen atoms in total. The molecule has 0 bridgehead atoms. The van der Waals surface area contributed by atoms with Gasteiger partial charge in [-0.1, -0.05) is 0 Å². The molecule has 1 N–H and O–H groups in total. The second-order valence-electron chi connectivity index (χ2n) is 8.69. The Balaban J connectivity index is 1.43. The largest absolute Gasteiger partial charge is 0.342 e. The number of carbonyl (C=O) groups is 1. The molecule has 3 heterocycles. The van der Waals surface area contributed by atoms with E-state index in [1.165, 1.54) is 6.20 Å². The molecule has 2 aliphatic carbocycles. The van der Waals surface area contributed by atoms with Gasteiger partial charge in [0.25, 0.3) is 5.56 Å². The third-order valence-electron chi connectivity index (χ3n) is 6.87. The molecule has 2 aromatic rings. The average molecular weight is 405 g/mol. The molecule has 1 saturated heterocycles. The van der Waals surface area contributed by atoms with E-state index in [-0.39, 0.29) is 42.2 Å². The molecule has 2 atom stereocenters. The summed E-state index contributed by atoms with van der Waals surface area (Å²) >= 11 is 0. The third kappa shape index (κ3) is 3.24. The zero-order valence-electron chi connectivity index (χ0n) is 16.2. The number of likely N-dealkylation sites (tertiary alicyclic amines) is 1. The van der Waals surface area contributed by atoms with Crippen LogP contribution < -0.4 is 5.56 Å². The van der Waals surface area contributed by atoms with E-state index in [0.29, 0.717) is 29.7 Å². The molecule has 0 aromatic carbocycles. The van der Waals surface area contributed by atoms with Crippen LogP contribution in [0.3, 0.4) is 0 Å². The molecule has 1 aliphatic heterocycles. The number of halogens is 2. The number of nitrogens with zero attached hydrogens (tertiary/aromatic N) is 4. The van der Waals surface area contributed by atoms with Crippen molar-refractivity contribution in [1.82, 2.24) is 24.6 Å². The number of nitrogens with one attached hydrogen (secondary N) is 1. The number of alkyl halides is 2. The average Bonchev–Trinajstić information content (AvgIpc) is 3.31. The van der Waals surface area contributed by atoms with Crippen molar-refractivity contribution < 1.29 is 13.6 Å². The third-order valence-corrected chi connectivity index (χ3v) is 6.87. The second-order valence-corrected chi connectivity index (χ2v) is 8.69. The number of aromatic amines is 1. The molecule has 0 radical (unpaired) electrons. The number of aromatic nitrogens is 4. The van der Waals surface area contributed by atoms with Crippen LogP contribution >= 0.6 is 0 Å². The SMILES string of the molecule is O=C(C1CCC1c1nc2c(cnn2C2CCC(F)(F)CC2)c(=O)[nH]1)N1CCCC1. The van der Waals surface area contributed by atoms with Crippen LogP contribution in [0.25, 0.3) is 11.0 Å². The molecule has 3 fully saturated rings. The van der Waals surface area contributed by atoms with Crippen molar-refractivity contribution in [3.63, 3.8) is 0 Å². The van der Waals surface area contributed by atoms with Gasteiger partial charge in [-0.15, -0.1) is 0 Å². The maximum Gasteiger partial charge on any atom is 0.262 e. The van der Waals surface area contributed by atoms with E-state index < -0.39 is 5.92 Å². The maximum absolute atomic E-state index is 13.5. The van der Waals surface area contributed by atoms with Gasteiger partial charge >= 0.3 is 0 Å². The van der Waals surface area contributed by atoms with Crippen LogP contribution in [0, 0.1) is 5.92 Å². The number of H-pyrrole nitrogens is 1. The number of fused-ring (bicyclic) bond motifs is 1. The summed E-state index contributed by atoms with van der Waals surface area (Å²) in [4.78, 5) is 34.9. The van der Waals surface area contributed by atoms with Crippen LogP contribution in [-0.4, -0.2) is 49.6 Å². The summed E-state index contributed by atoms with van der Waals surface area (Å²) in [6.45, 7) is 1.62. The smallest absolute Gasteiger partial charge is 0.262 e. The molecule has 3 aliphatic rings. The van der Waals surface area contributed by atoms with Crippen molar-refractivity contribution in [2.24, 2.45) is 5.92 Å². The molecule has 9 heteroatoms. The fraction of sp³-hybridized carbons (Fsp3) is 0.700. The minimum atomic E-state index is -2.62. The van der Waals surface area contributed by atoms with Crippen molar-refractivity contribution in [3.8, 4) is 0 Å². The van der Waals surface area contributed by atoms with Gasteiger partial charge in [-0.05, 0) is 38.5 Å². The number of hydrogen-bond acceptors (Lipinski definition) is 4. The quantitative estimate of drug-likeness (QED) is 0.851. The normalized spacial score (nSPS) is 27.3. The van der Waals surface area contributed by atoms with Crippen LogP contribution in [-0.2, 0) is 4.79 Å². The lowest BCUT2D eigenvalue weighted by Crippen LogP contribution is -2.42. The van der Waals surface area contributed by atoms with Crippen LogP contribution in [0.2, 0.25) is 0 Å². The number of carbonyl (C=O) groups excluding carboxylic acids is 1. The standard InChI is InChI=1S/C20H25F2N5O2/c21-20(22)7-5-12(6-8-20)27-17-15(11-23-27)18(28)25-16(24-17)13-3-4-14(13)19(29)26-9-1-2-10-26/h11-14H,1-10H2,(H,24,25,28). The second kappa shape index (κ2) is 6.88. The summed E-state index contributed by atoms with van der Waals surface area (Å²) < 4.78 is 28.7. The van der Waals surface area contributed by atoms with E-state index in [2.05, 4.69) is 15.1 Å². The molecule has 29 heavy (non-hydrogen) atoms. The van der Waals surface area contributed by atoms with Crippen LogP contribution in [0.4, 0.5) is 8.78 Å². The maximum atomic E-state index is 13.5. The Morgan fingerprint density at radius 1 is 1.14 bits per heavy atom. The highest BCUT2D eigenvalue weighted by molar-refractivity contribution is 5.81. The Kier molecular flexibility index (Phi) is 4.43. The molecule has 2 unspecified atom stereocenters. The molecule has 1 amide bonds. The van der Waals surface area contributed by atoms with Crippen molar-refractivity contribution in [1.29, 1.82) is 0 Å². The van der Waals surface area contributed by atoms with Crippen LogP contribution in [0.1, 0.15) is 69.2 Å². The highest BCUT2D eigenvalue weighted by Crippen LogP contribution is 2.43. The summed E-state index contributed by atoms with van der Waals surface area (Å²) in [5.41, 5.74) is 0.162. The van der Waals surface area contributed by atoms with Gasteiger partial charge < -0.3 is 9.88 Å². The first-order valence-corrected chi connectivity index (χ1v) is 10.6. The van der Waals surface area contributed by atoms with Crippen LogP contribution in [0.15, 0.2) is 11.0 Å². The number of amides is 1. The van der Waals surface area contributed by atoms with Crippen molar-refractivity contribution in [2.45, 2.75) is 69.2 Å². The highest BCUT2D eigenvalue weighted by Gasteiger charge is 2.42. The van der Waals surface area contributed by atoms with Crippen molar-refractivity contribution >= 4 is 16.9 Å². The molecule has 156 valence electrons. The number of hydrogen-bond donors (Lipinski definition) is 1. The summed E-state index contributed by atoms with van der Waals surface area (Å²) in [5.74, 6) is -2.18. The van der Waals surface area contributed by atoms with Gasteiger partial charge in [-0.2, -0.15) is 5.10 Å². The van der Waals surface area contributed by atoms with E-state index >= 15 is 0 Å². The predicted octanol–water partition coefficient (Wildman–Crippen LogP) is 2.99. The van der Waals surface area contributed by atoms with Gasteiger partial charge in [0, 0.05) is 37.8 Å². The minimum Gasteiger partial charge on any atom is -0.342 e. The predicted molar refractivity (Wildman–Crippen MR) is 102 cm³/mol. The summed E-state index contributed by atoms with van der Waals surface area (Å²) in [7, 11) is 0. The summed E-state index contributed by atoms with van der Waals surface area (Å²) in [5, 5.41) is 4.67. The zero-order chi connectivity index (χ0) is 20.2. The van der Waals surface area contributed by atoms with E-state index in [4.69, 9.17) is 0 Å². The van der Waals surface area contributed by atoms with E-state index in [0.717, 1.165) is 38.8 Å². The Labute approximate surface area is 166 Å². The molecule has 5 rings (SSSR count). The number of rotatable bonds is 3. The monoisotopic (exact) mass is 405 g/mol. The molecule has 2 aromatic heterocycles. The fourth-order valence-electron chi connectivity index (χ4n) is 4.96. The summed E-state index contributed by atoms with van der Waals surface area (Å²) in [6, 6.07) is -0.183. The Hall–Kier alpha value is -2.32. The Morgan fingerprint density at radius 3 is 2.52 bits per heavy atom. The lowest BCUT2D eigenvalue weighted by atomic mass is 9.72. The first-order valence-electron chi connectivity index (χ1n) is 10.6. The Bertz CT molecular complexity index is 984. The molecular weight excluding hydrogens is 380 g/mol. The van der Waals surface area contributed by atoms with Gasteiger partial charge in [-0.3, -0.25) is 9.59 Å². The Morgan fingerprint density at radius 2 is 1.86 bits per heavy atom. The first kappa shape index (κ1) is 18.7. The van der Waals surface area contributed by atoms with Crippen molar-refractivity contribution in [3.05, 3.63) is 22.4 Å². The lowest BCUT2D eigenvalue weighted by Gasteiger charge is -2.37. The first-order chi connectivity index (χ1) is 13.9. The van der Waals surface area contributed by atoms with Crippen LogP contribution in [0.5, 0.6) is 0 Å². The minimum absolute atomic E-state index is 0.0979. The molecule has 0 spiro atoms. The zero-order valence-corrected chi connectivity index (χ0v) is 16.2. The van der Waals surface area contributed by atoms with Crippen molar-refractivity contribution in [2.75, 3.05) is 13.1 Å². The molecular formula is C20H25F2N5O2. The van der Waals surface area contributed by atoms with E-state index in [1.807, 2.05) is 4.90 Å². The lowest BCUT2D eigenvalue weighted by molar-refractivity contribution is -0.138. The fourth-order valence-corrected chi connectivity index (χ4v) is 4.96.